The minimum Gasteiger partial charge on any atom is -0.395 e. The van der Waals surface area contributed by atoms with Crippen LogP contribution in [0.1, 0.15) is 5.56 Å². The molecule has 0 unspecified atom stereocenters. The summed E-state index contributed by atoms with van der Waals surface area (Å²) >= 11 is 0. The molecule has 0 saturated carbocycles. The fourth-order valence-corrected chi connectivity index (χ4v) is 2.26. The van der Waals surface area contributed by atoms with Crippen molar-refractivity contribution in [1.29, 1.82) is 0 Å². The summed E-state index contributed by atoms with van der Waals surface area (Å²) < 4.78 is 0. The molecular weight excluding hydrogens is 232 g/mol. The van der Waals surface area contributed by atoms with E-state index in [1.807, 2.05) is 30.3 Å². The molecule has 2 rings (SSSR count). The van der Waals surface area contributed by atoms with Gasteiger partial charge >= 0.3 is 0 Å². The van der Waals surface area contributed by atoms with Crippen molar-refractivity contribution in [3.8, 4) is 0 Å². The first-order chi connectivity index (χ1) is 8.72. The Hall–Kier alpha value is -0.980. The number of aliphatic hydroxyl groups excluding tert-OH is 3. The molecule has 4 atom stereocenters. The van der Waals surface area contributed by atoms with Gasteiger partial charge in [0.15, 0.2) is 0 Å². The SMILES string of the molecule is OC[C@@H]1N[C@@H](CNCc2ccccc2)[C@@H](O)[C@@H]1O. The van der Waals surface area contributed by atoms with Crippen molar-refractivity contribution in [2.45, 2.75) is 30.8 Å². The predicted octanol–water partition coefficient (Wildman–Crippen LogP) is -1.17. The fraction of sp³-hybridized carbons (Fsp3) is 0.538. The molecule has 18 heavy (non-hydrogen) atoms. The first kappa shape index (κ1) is 13.5. The maximum Gasteiger partial charge on any atom is 0.0989 e. The van der Waals surface area contributed by atoms with Gasteiger partial charge in [0.25, 0.3) is 0 Å². The molecule has 0 radical (unpaired) electrons. The van der Waals surface area contributed by atoms with E-state index in [2.05, 4.69) is 10.6 Å². The minimum absolute atomic E-state index is 0.173. The summed E-state index contributed by atoms with van der Waals surface area (Å²) in [6.07, 6.45) is -1.75. The summed E-state index contributed by atoms with van der Waals surface area (Å²) in [5.41, 5.74) is 1.17. The third-order valence-corrected chi connectivity index (χ3v) is 3.34. The van der Waals surface area contributed by atoms with Crippen LogP contribution in [-0.2, 0) is 6.54 Å². The minimum atomic E-state index is -0.904. The Morgan fingerprint density at radius 1 is 1.06 bits per heavy atom. The average Bonchev–Trinajstić information content (AvgIpc) is 2.68. The second-order valence-corrected chi connectivity index (χ2v) is 4.66. The molecule has 1 aliphatic rings. The lowest BCUT2D eigenvalue weighted by molar-refractivity contribution is 0.0197. The second kappa shape index (κ2) is 6.26. The quantitative estimate of drug-likeness (QED) is 0.456. The molecule has 1 saturated heterocycles. The van der Waals surface area contributed by atoms with E-state index >= 15 is 0 Å². The normalized spacial score (nSPS) is 31.7. The van der Waals surface area contributed by atoms with Crippen LogP contribution in [0.25, 0.3) is 0 Å². The van der Waals surface area contributed by atoms with Crippen molar-refractivity contribution in [2.75, 3.05) is 13.2 Å². The van der Waals surface area contributed by atoms with E-state index < -0.39 is 18.2 Å². The number of hydrogen-bond donors (Lipinski definition) is 5. The molecule has 1 aromatic rings. The van der Waals surface area contributed by atoms with Crippen LogP contribution in [0.5, 0.6) is 0 Å². The lowest BCUT2D eigenvalue weighted by Crippen LogP contribution is -2.42. The van der Waals surface area contributed by atoms with E-state index in [9.17, 15) is 10.2 Å². The summed E-state index contributed by atoms with van der Waals surface area (Å²) in [6.45, 7) is 1.09. The topological polar surface area (TPSA) is 84.8 Å². The van der Waals surface area contributed by atoms with E-state index in [-0.39, 0.29) is 12.6 Å². The highest BCUT2D eigenvalue weighted by molar-refractivity contribution is 5.14. The maximum absolute atomic E-state index is 9.79. The molecule has 100 valence electrons. The Bertz CT molecular complexity index is 361. The van der Waals surface area contributed by atoms with E-state index in [1.54, 1.807) is 0 Å². The summed E-state index contributed by atoms with van der Waals surface area (Å²) in [5, 5.41) is 34.7. The van der Waals surface area contributed by atoms with Gasteiger partial charge in [-0.1, -0.05) is 30.3 Å². The van der Waals surface area contributed by atoms with Crippen LogP contribution in [-0.4, -0.2) is 52.8 Å². The number of aliphatic hydroxyl groups is 3. The lowest BCUT2D eigenvalue weighted by atomic mass is 10.1. The highest BCUT2D eigenvalue weighted by atomic mass is 16.3. The zero-order valence-electron chi connectivity index (χ0n) is 10.2. The molecule has 5 nitrogen and oxygen atoms in total. The third kappa shape index (κ3) is 3.07. The van der Waals surface area contributed by atoms with Crippen molar-refractivity contribution < 1.29 is 15.3 Å². The van der Waals surface area contributed by atoms with Gasteiger partial charge in [0.05, 0.1) is 24.9 Å². The number of benzene rings is 1. The Morgan fingerprint density at radius 3 is 2.33 bits per heavy atom. The number of nitrogens with one attached hydrogen (secondary N) is 2. The first-order valence-electron chi connectivity index (χ1n) is 6.20. The predicted molar refractivity (Wildman–Crippen MR) is 68.0 cm³/mol. The zero-order chi connectivity index (χ0) is 13.0. The molecule has 0 spiro atoms. The molecule has 0 aromatic heterocycles. The van der Waals surface area contributed by atoms with Gasteiger partial charge < -0.3 is 26.0 Å². The highest BCUT2D eigenvalue weighted by Crippen LogP contribution is 2.13. The van der Waals surface area contributed by atoms with Crippen LogP contribution in [0.15, 0.2) is 30.3 Å². The van der Waals surface area contributed by atoms with Crippen LogP contribution in [0.4, 0.5) is 0 Å². The molecule has 5 N–H and O–H groups in total. The van der Waals surface area contributed by atoms with Gasteiger partial charge in [-0.2, -0.15) is 0 Å². The molecule has 5 heteroatoms. The van der Waals surface area contributed by atoms with Gasteiger partial charge in [-0.05, 0) is 5.56 Å². The maximum atomic E-state index is 9.79. The molecule has 0 aliphatic carbocycles. The highest BCUT2D eigenvalue weighted by Gasteiger charge is 2.39. The van der Waals surface area contributed by atoms with Crippen LogP contribution < -0.4 is 10.6 Å². The molecule has 1 aromatic carbocycles. The Morgan fingerprint density at radius 2 is 1.72 bits per heavy atom. The summed E-state index contributed by atoms with van der Waals surface area (Å²) in [5.74, 6) is 0. The largest absolute Gasteiger partial charge is 0.395 e. The van der Waals surface area contributed by atoms with E-state index in [4.69, 9.17) is 5.11 Å². The standard InChI is InChI=1S/C13H20N2O3/c16-8-11-13(18)12(17)10(15-11)7-14-6-9-4-2-1-3-5-9/h1-5,10-18H,6-8H2/t10-,11-,12+,13+/m0/s1. The lowest BCUT2D eigenvalue weighted by Gasteiger charge is -2.16. The van der Waals surface area contributed by atoms with Crippen LogP contribution in [0.2, 0.25) is 0 Å². The van der Waals surface area contributed by atoms with Crippen molar-refractivity contribution in [2.24, 2.45) is 0 Å². The van der Waals surface area contributed by atoms with Crippen LogP contribution in [0, 0.1) is 0 Å². The van der Waals surface area contributed by atoms with Crippen LogP contribution in [0.3, 0.4) is 0 Å². The van der Waals surface area contributed by atoms with E-state index in [1.165, 1.54) is 5.56 Å². The van der Waals surface area contributed by atoms with Crippen molar-refractivity contribution in [3.63, 3.8) is 0 Å². The molecule has 0 amide bonds. The van der Waals surface area contributed by atoms with Gasteiger partial charge in [-0.25, -0.2) is 0 Å². The Labute approximate surface area is 106 Å². The number of rotatable bonds is 5. The van der Waals surface area contributed by atoms with Crippen molar-refractivity contribution in [1.82, 2.24) is 10.6 Å². The first-order valence-corrected chi connectivity index (χ1v) is 6.20. The average molecular weight is 252 g/mol. The molecule has 1 aliphatic heterocycles. The van der Waals surface area contributed by atoms with Crippen molar-refractivity contribution >= 4 is 0 Å². The smallest absolute Gasteiger partial charge is 0.0989 e. The molecule has 0 bridgehead atoms. The molecule has 1 fully saturated rings. The monoisotopic (exact) mass is 252 g/mol. The van der Waals surface area contributed by atoms with Gasteiger partial charge in [0.2, 0.25) is 0 Å². The van der Waals surface area contributed by atoms with Gasteiger partial charge in [0.1, 0.15) is 0 Å². The van der Waals surface area contributed by atoms with E-state index in [0.29, 0.717) is 13.1 Å². The fourth-order valence-electron chi connectivity index (χ4n) is 2.26. The van der Waals surface area contributed by atoms with Gasteiger partial charge in [0, 0.05) is 19.1 Å². The van der Waals surface area contributed by atoms with Crippen LogP contribution >= 0.6 is 0 Å². The van der Waals surface area contributed by atoms with Gasteiger partial charge in [-0.15, -0.1) is 0 Å². The third-order valence-electron chi connectivity index (χ3n) is 3.34. The summed E-state index contributed by atoms with van der Waals surface area (Å²) in [4.78, 5) is 0. The Balaban J connectivity index is 1.77. The van der Waals surface area contributed by atoms with E-state index in [0.717, 1.165) is 0 Å². The summed E-state index contributed by atoms with van der Waals surface area (Å²) in [6, 6.07) is 9.29. The van der Waals surface area contributed by atoms with Gasteiger partial charge in [-0.3, -0.25) is 0 Å². The zero-order valence-corrected chi connectivity index (χ0v) is 10.2. The molecular formula is C13H20N2O3. The molecule has 1 heterocycles. The Kier molecular flexibility index (Phi) is 4.68. The second-order valence-electron chi connectivity index (χ2n) is 4.66. The van der Waals surface area contributed by atoms with Crippen molar-refractivity contribution in [3.05, 3.63) is 35.9 Å². The number of hydrogen-bond acceptors (Lipinski definition) is 5. The summed E-state index contributed by atoms with van der Waals surface area (Å²) in [7, 11) is 0.